The topological polar surface area (TPSA) is 46.3 Å². The Morgan fingerprint density at radius 1 is 1.56 bits per heavy atom. The van der Waals surface area contributed by atoms with Crippen LogP contribution in [0.3, 0.4) is 0 Å². The number of halogens is 1. The van der Waals surface area contributed by atoms with Gasteiger partial charge in [0.2, 0.25) is 5.91 Å². The van der Waals surface area contributed by atoms with E-state index in [4.69, 9.17) is 17.3 Å². The van der Waals surface area contributed by atoms with E-state index in [0.29, 0.717) is 12.5 Å². The lowest BCUT2D eigenvalue weighted by Crippen LogP contribution is -2.36. The molecule has 1 atom stereocenters. The number of amides is 1. The van der Waals surface area contributed by atoms with Gasteiger partial charge in [0, 0.05) is 18.5 Å². The molecule has 2 N–H and O–H groups in total. The molecule has 0 spiro atoms. The molecule has 2 rings (SSSR count). The molecule has 1 unspecified atom stereocenters. The van der Waals surface area contributed by atoms with E-state index in [9.17, 15) is 4.79 Å². The summed E-state index contributed by atoms with van der Waals surface area (Å²) in [6, 6.07) is 3.89. The van der Waals surface area contributed by atoms with Gasteiger partial charge in [-0.3, -0.25) is 4.79 Å². The number of carbonyl (C=O) groups is 1. The highest BCUT2D eigenvalue weighted by atomic mass is 35.5. The predicted molar refractivity (Wildman–Crippen MR) is 75.2 cm³/mol. The summed E-state index contributed by atoms with van der Waals surface area (Å²) in [4.78, 5) is 13.6. The maximum atomic E-state index is 11.7. The smallest absolute Gasteiger partial charge is 0.223 e. The van der Waals surface area contributed by atoms with Crippen LogP contribution < -0.4 is 10.6 Å². The average Bonchev–Trinajstić information content (AvgIpc) is 2.34. The summed E-state index contributed by atoms with van der Waals surface area (Å²) >= 11 is 6.34. The van der Waals surface area contributed by atoms with Gasteiger partial charge in [0.25, 0.3) is 0 Å². The second-order valence-electron chi connectivity index (χ2n) is 4.86. The lowest BCUT2D eigenvalue weighted by Gasteiger charge is -2.35. The van der Waals surface area contributed by atoms with E-state index in [0.717, 1.165) is 41.2 Å². The Morgan fingerprint density at radius 3 is 2.89 bits per heavy atom. The molecule has 4 heteroatoms. The molecule has 0 bridgehead atoms. The highest BCUT2D eigenvalue weighted by molar-refractivity contribution is 6.32. The van der Waals surface area contributed by atoms with Gasteiger partial charge in [-0.15, -0.1) is 0 Å². The van der Waals surface area contributed by atoms with Gasteiger partial charge < -0.3 is 10.6 Å². The Balaban J connectivity index is 2.56. The molecule has 0 radical (unpaired) electrons. The fourth-order valence-electron chi connectivity index (χ4n) is 2.78. The molecule has 1 aromatic rings. The minimum atomic E-state index is 0.0767. The molecule has 1 aromatic carbocycles. The minimum Gasteiger partial charge on any atom is -0.330 e. The monoisotopic (exact) mass is 266 g/mol. The van der Waals surface area contributed by atoms with Crippen molar-refractivity contribution in [2.75, 3.05) is 18.0 Å². The number of aryl methyl sites for hydroxylation is 1. The zero-order valence-corrected chi connectivity index (χ0v) is 11.6. The molecule has 1 aliphatic rings. The molecule has 1 heterocycles. The maximum Gasteiger partial charge on any atom is 0.223 e. The lowest BCUT2D eigenvalue weighted by molar-refractivity contribution is -0.116. The summed E-state index contributed by atoms with van der Waals surface area (Å²) in [5.41, 5.74) is 8.88. The van der Waals surface area contributed by atoms with Crippen LogP contribution in [-0.4, -0.2) is 19.0 Å². The van der Waals surface area contributed by atoms with Crippen LogP contribution in [0.2, 0.25) is 5.02 Å². The third-order valence-corrected chi connectivity index (χ3v) is 3.97. The summed E-state index contributed by atoms with van der Waals surface area (Å²) in [6.45, 7) is 5.03. The number of carbonyl (C=O) groups excluding carboxylic acids is 1. The van der Waals surface area contributed by atoms with Crippen molar-refractivity contribution in [2.24, 2.45) is 5.73 Å². The normalized spacial score (nSPS) is 18.7. The number of nitrogens with zero attached hydrogens (tertiary/aromatic N) is 1. The van der Waals surface area contributed by atoms with Crippen molar-refractivity contribution in [3.8, 4) is 0 Å². The van der Waals surface area contributed by atoms with Crippen LogP contribution in [0.15, 0.2) is 12.1 Å². The molecule has 1 aliphatic heterocycles. The van der Waals surface area contributed by atoms with Gasteiger partial charge in [0.15, 0.2) is 0 Å². The first-order chi connectivity index (χ1) is 8.56. The summed E-state index contributed by atoms with van der Waals surface area (Å²) in [5.74, 6) is 0.445. The molecule has 0 aliphatic carbocycles. The highest BCUT2D eigenvalue weighted by Crippen LogP contribution is 2.43. The average molecular weight is 267 g/mol. The van der Waals surface area contributed by atoms with Crippen LogP contribution in [0.4, 0.5) is 5.69 Å². The van der Waals surface area contributed by atoms with E-state index in [1.54, 1.807) is 6.92 Å². The van der Waals surface area contributed by atoms with Gasteiger partial charge >= 0.3 is 0 Å². The van der Waals surface area contributed by atoms with Gasteiger partial charge in [-0.1, -0.05) is 17.7 Å². The summed E-state index contributed by atoms with van der Waals surface area (Å²) in [5, 5.41) is 0.750. The summed E-state index contributed by atoms with van der Waals surface area (Å²) in [6.07, 6.45) is 1.86. The van der Waals surface area contributed by atoms with Crippen molar-refractivity contribution >= 4 is 23.2 Å². The maximum absolute atomic E-state index is 11.7. The lowest BCUT2D eigenvalue weighted by atomic mass is 9.85. The van der Waals surface area contributed by atoms with Crippen LogP contribution in [0, 0.1) is 6.92 Å². The first kappa shape index (κ1) is 13.4. The van der Waals surface area contributed by atoms with Gasteiger partial charge in [0.1, 0.15) is 0 Å². The second-order valence-corrected chi connectivity index (χ2v) is 5.27. The van der Waals surface area contributed by atoms with E-state index >= 15 is 0 Å². The van der Waals surface area contributed by atoms with Crippen molar-refractivity contribution in [3.05, 3.63) is 28.3 Å². The number of benzene rings is 1. The summed E-state index contributed by atoms with van der Waals surface area (Å²) < 4.78 is 0. The number of nitrogens with two attached hydrogens (primary N) is 1. The Kier molecular flexibility index (Phi) is 3.93. The van der Waals surface area contributed by atoms with E-state index in [2.05, 4.69) is 0 Å². The van der Waals surface area contributed by atoms with Crippen LogP contribution >= 0.6 is 11.6 Å². The first-order valence-electron chi connectivity index (χ1n) is 6.33. The van der Waals surface area contributed by atoms with Crippen LogP contribution in [0.25, 0.3) is 0 Å². The highest BCUT2D eigenvalue weighted by Gasteiger charge is 2.29. The zero-order chi connectivity index (χ0) is 13.3. The minimum absolute atomic E-state index is 0.0767. The van der Waals surface area contributed by atoms with E-state index in [-0.39, 0.29) is 5.91 Å². The Hall–Kier alpha value is -1.06. The van der Waals surface area contributed by atoms with Gasteiger partial charge in [0.05, 0.1) is 5.69 Å². The predicted octanol–water partition coefficient (Wildman–Crippen LogP) is 2.84. The van der Waals surface area contributed by atoms with Crippen molar-refractivity contribution in [3.63, 3.8) is 0 Å². The number of hydrogen-bond donors (Lipinski definition) is 1. The third-order valence-electron chi connectivity index (χ3n) is 3.64. The van der Waals surface area contributed by atoms with Gasteiger partial charge in [-0.05, 0) is 49.4 Å². The molecule has 0 fully saturated rings. The van der Waals surface area contributed by atoms with Crippen LogP contribution in [0.5, 0.6) is 0 Å². The fraction of sp³-hybridized carbons (Fsp3) is 0.500. The van der Waals surface area contributed by atoms with Crippen LogP contribution in [-0.2, 0) is 4.79 Å². The Labute approximate surface area is 113 Å². The fourth-order valence-corrected chi connectivity index (χ4v) is 3.09. The molecular formula is C14H19ClN2O. The molecular weight excluding hydrogens is 248 g/mol. The number of fused-ring (bicyclic) bond motifs is 1. The van der Waals surface area contributed by atoms with Crippen LogP contribution in [0.1, 0.15) is 36.8 Å². The van der Waals surface area contributed by atoms with Gasteiger partial charge in [-0.25, -0.2) is 0 Å². The molecule has 3 nitrogen and oxygen atoms in total. The number of rotatable bonds is 2. The standard InChI is InChI=1S/C14H19ClN2O/c1-9-3-4-12(15)13-11(5-7-16)6-8-17(10(2)18)14(9)13/h3-4,11H,5-8,16H2,1-2H3. The van der Waals surface area contributed by atoms with Crippen molar-refractivity contribution in [1.29, 1.82) is 0 Å². The summed E-state index contributed by atoms with van der Waals surface area (Å²) in [7, 11) is 0. The van der Waals surface area contributed by atoms with E-state index in [1.807, 2.05) is 24.0 Å². The van der Waals surface area contributed by atoms with Crippen molar-refractivity contribution in [2.45, 2.75) is 32.6 Å². The van der Waals surface area contributed by atoms with E-state index < -0.39 is 0 Å². The molecule has 1 amide bonds. The zero-order valence-electron chi connectivity index (χ0n) is 10.9. The molecule has 0 aromatic heterocycles. The van der Waals surface area contributed by atoms with Crippen molar-refractivity contribution < 1.29 is 4.79 Å². The number of anilines is 1. The Bertz CT molecular complexity index is 473. The first-order valence-corrected chi connectivity index (χ1v) is 6.71. The van der Waals surface area contributed by atoms with Gasteiger partial charge in [-0.2, -0.15) is 0 Å². The molecule has 18 heavy (non-hydrogen) atoms. The molecule has 0 saturated heterocycles. The SMILES string of the molecule is CC(=O)N1CCC(CCN)c2c(Cl)ccc(C)c21. The second kappa shape index (κ2) is 5.29. The number of hydrogen-bond acceptors (Lipinski definition) is 2. The van der Waals surface area contributed by atoms with E-state index in [1.165, 1.54) is 0 Å². The third kappa shape index (κ3) is 2.25. The largest absolute Gasteiger partial charge is 0.330 e. The van der Waals surface area contributed by atoms with Crippen molar-refractivity contribution in [1.82, 2.24) is 0 Å². The Morgan fingerprint density at radius 2 is 2.28 bits per heavy atom. The molecule has 0 saturated carbocycles. The quantitative estimate of drug-likeness (QED) is 0.895. The molecule has 98 valence electrons.